The van der Waals surface area contributed by atoms with Crippen LogP contribution in [0.15, 0.2) is 30.3 Å². The van der Waals surface area contributed by atoms with Crippen molar-refractivity contribution in [3.8, 4) is 11.1 Å². The quantitative estimate of drug-likeness (QED) is 0.809. The fraction of sp³-hybridized carbons (Fsp3) is 0.154. The Hall–Kier alpha value is -2.03. The van der Waals surface area contributed by atoms with Crippen LogP contribution in [0, 0.1) is 13.8 Å². The number of carboxylic acid groups (broad SMARTS) is 1. The van der Waals surface area contributed by atoms with E-state index in [0.717, 1.165) is 16.8 Å². The molecule has 0 aliphatic rings. The number of H-pyrrole nitrogens is 1. The van der Waals surface area contributed by atoms with Gasteiger partial charge in [0.1, 0.15) is 0 Å². The molecule has 0 spiro atoms. The van der Waals surface area contributed by atoms with Crippen LogP contribution in [0.1, 0.15) is 21.7 Å². The second-order valence-electron chi connectivity index (χ2n) is 3.80. The molecule has 16 heavy (non-hydrogen) atoms. The molecule has 0 saturated carbocycles. The Morgan fingerprint density at radius 3 is 2.31 bits per heavy atom. The largest absolute Gasteiger partial charge is 0.478 e. The Labute approximate surface area is 93.7 Å². The fourth-order valence-corrected chi connectivity index (χ4v) is 2.01. The lowest BCUT2D eigenvalue weighted by Crippen LogP contribution is -1.99. The van der Waals surface area contributed by atoms with Crippen molar-refractivity contribution in [2.24, 2.45) is 0 Å². The van der Waals surface area contributed by atoms with E-state index in [4.69, 9.17) is 0 Å². The van der Waals surface area contributed by atoms with Gasteiger partial charge in [0.05, 0.1) is 5.56 Å². The highest BCUT2D eigenvalue weighted by Crippen LogP contribution is 2.29. The standard InChI is InChI=1S/C13H13NO2/c1-8-11(10-6-4-3-5-7-10)12(13(15)16)9(2)14-8/h3-7,14H,1-2H3,(H,15,16). The molecule has 3 nitrogen and oxygen atoms in total. The highest BCUT2D eigenvalue weighted by Gasteiger charge is 2.19. The van der Waals surface area contributed by atoms with E-state index < -0.39 is 5.97 Å². The lowest BCUT2D eigenvalue weighted by Gasteiger charge is -2.02. The molecule has 0 unspecified atom stereocenters. The molecule has 1 heterocycles. The van der Waals surface area contributed by atoms with Crippen molar-refractivity contribution < 1.29 is 9.90 Å². The topological polar surface area (TPSA) is 53.1 Å². The fourth-order valence-electron chi connectivity index (χ4n) is 2.01. The molecular weight excluding hydrogens is 202 g/mol. The number of carbonyl (C=O) groups is 1. The Kier molecular flexibility index (Phi) is 2.52. The number of rotatable bonds is 2. The van der Waals surface area contributed by atoms with Gasteiger partial charge in [-0.1, -0.05) is 30.3 Å². The van der Waals surface area contributed by atoms with Crippen molar-refractivity contribution >= 4 is 5.97 Å². The third kappa shape index (κ3) is 1.60. The lowest BCUT2D eigenvalue weighted by molar-refractivity contribution is 0.0697. The highest BCUT2D eigenvalue weighted by atomic mass is 16.4. The van der Waals surface area contributed by atoms with E-state index in [1.54, 1.807) is 6.92 Å². The Bertz CT molecular complexity index is 526. The molecule has 2 N–H and O–H groups in total. The number of hydrogen-bond donors (Lipinski definition) is 2. The molecule has 3 heteroatoms. The van der Waals surface area contributed by atoms with Crippen molar-refractivity contribution in [3.05, 3.63) is 47.3 Å². The summed E-state index contributed by atoms with van der Waals surface area (Å²) >= 11 is 0. The molecule has 1 aromatic heterocycles. The summed E-state index contributed by atoms with van der Waals surface area (Å²) < 4.78 is 0. The van der Waals surface area contributed by atoms with E-state index in [-0.39, 0.29) is 0 Å². The third-order valence-electron chi connectivity index (χ3n) is 2.65. The van der Waals surface area contributed by atoms with E-state index in [1.807, 2.05) is 37.3 Å². The van der Waals surface area contributed by atoms with Crippen molar-refractivity contribution in [2.45, 2.75) is 13.8 Å². The molecule has 0 amide bonds. The third-order valence-corrected chi connectivity index (χ3v) is 2.65. The van der Waals surface area contributed by atoms with Gasteiger partial charge >= 0.3 is 5.97 Å². The zero-order chi connectivity index (χ0) is 11.7. The first-order chi connectivity index (χ1) is 7.61. The molecule has 0 fully saturated rings. The maximum atomic E-state index is 11.2. The summed E-state index contributed by atoms with van der Waals surface area (Å²) in [5.74, 6) is -0.888. The molecule has 2 rings (SSSR count). The van der Waals surface area contributed by atoms with Gasteiger partial charge in [0.25, 0.3) is 0 Å². The summed E-state index contributed by atoms with van der Waals surface area (Å²) in [6, 6.07) is 9.56. The average Bonchev–Trinajstić information content (AvgIpc) is 2.55. The summed E-state index contributed by atoms with van der Waals surface area (Å²) in [5.41, 5.74) is 3.67. The van der Waals surface area contributed by atoms with Crippen molar-refractivity contribution in [3.63, 3.8) is 0 Å². The van der Waals surface area contributed by atoms with Gasteiger partial charge in [0.2, 0.25) is 0 Å². The summed E-state index contributed by atoms with van der Waals surface area (Å²) in [6.45, 7) is 3.67. The Balaban J connectivity index is 2.69. The van der Waals surface area contributed by atoms with Crippen LogP contribution in [0.2, 0.25) is 0 Å². The number of benzene rings is 1. The second-order valence-corrected chi connectivity index (χ2v) is 3.80. The summed E-state index contributed by atoms with van der Waals surface area (Å²) in [4.78, 5) is 14.3. The second kappa shape index (κ2) is 3.85. The van der Waals surface area contributed by atoms with Gasteiger partial charge < -0.3 is 10.1 Å². The number of nitrogens with one attached hydrogen (secondary N) is 1. The number of aromatic amines is 1. The van der Waals surface area contributed by atoms with Crippen LogP contribution in [0.3, 0.4) is 0 Å². The van der Waals surface area contributed by atoms with Crippen LogP contribution < -0.4 is 0 Å². The normalized spacial score (nSPS) is 10.4. The minimum atomic E-state index is -0.888. The van der Waals surface area contributed by atoms with Crippen LogP contribution in [0.4, 0.5) is 0 Å². The predicted octanol–water partition coefficient (Wildman–Crippen LogP) is 3.00. The van der Waals surface area contributed by atoms with Crippen LogP contribution in [0.5, 0.6) is 0 Å². The molecule has 0 aliphatic carbocycles. The van der Waals surface area contributed by atoms with Crippen LogP contribution in [-0.4, -0.2) is 16.1 Å². The minimum Gasteiger partial charge on any atom is -0.478 e. The zero-order valence-corrected chi connectivity index (χ0v) is 9.24. The van der Waals surface area contributed by atoms with Crippen LogP contribution >= 0.6 is 0 Å². The summed E-state index contributed by atoms with van der Waals surface area (Å²) in [5, 5.41) is 9.20. The number of aromatic carboxylic acids is 1. The monoisotopic (exact) mass is 215 g/mol. The first-order valence-electron chi connectivity index (χ1n) is 5.09. The van der Waals surface area contributed by atoms with Gasteiger partial charge in [0.15, 0.2) is 0 Å². The van der Waals surface area contributed by atoms with E-state index in [2.05, 4.69) is 4.98 Å². The Morgan fingerprint density at radius 1 is 1.12 bits per heavy atom. The first-order valence-corrected chi connectivity index (χ1v) is 5.09. The van der Waals surface area contributed by atoms with Gasteiger partial charge in [-0.3, -0.25) is 0 Å². The maximum absolute atomic E-state index is 11.2. The van der Waals surface area contributed by atoms with Crippen molar-refractivity contribution in [1.82, 2.24) is 4.98 Å². The Morgan fingerprint density at radius 2 is 1.75 bits per heavy atom. The van der Waals surface area contributed by atoms with Gasteiger partial charge in [-0.15, -0.1) is 0 Å². The molecule has 1 aromatic carbocycles. The molecule has 0 radical (unpaired) electrons. The highest BCUT2D eigenvalue weighted by molar-refractivity contribution is 5.98. The smallest absolute Gasteiger partial charge is 0.338 e. The molecule has 82 valence electrons. The first kappa shape index (κ1) is 10.5. The van der Waals surface area contributed by atoms with E-state index in [1.165, 1.54) is 0 Å². The molecule has 0 bridgehead atoms. The SMILES string of the molecule is Cc1[nH]c(C)c(-c2ccccc2)c1C(=O)O. The average molecular weight is 215 g/mol. The molecule has 0 aliphatic heterocycles. The van der Waals surface area contributed by atoms with Gasteiger partial charge in [-0.25, -0.2) is 4.79 Å². The summed E-state index contributed by atoms with van der Waals surface area (Å²) in [7, 11) is 0. The van der Waals surface area contributed by atoms with E-state index in [0.29, 0.717) is 11.3 Å². The van der Waals surface area contributed by atoms with Crippen LogP contribution in [0.25, 0.3) is 11.1 Å². The number of aryl methyl sites for hydroxylation is 2. The predicted molar refractivity (Wildman–Crippen MR) is 62.7 cm³/mol. The molecule has 0 saturated heterocycles. The zero-order valence-electron chi connectivity index (χ0n) is 9.24. The molecule has 0 atom stereocenters. The van der Waals surface area contributed by atoms with Gasteiger partial charge in [0, 0.05) is 17.0 Å². The van der Waals surface area contributed by atoms with Crippen molar-refractivity contribution in [2.75, 3.05) is 0 Å². The number of hydrogen-bond acceptors (Lipinski definition) is 1. The van der Waals surface area contributed by atoms with Gasteiger partial charge in [-0.05, 0) is 19.4 Å². The number of carboxylic acids is 1. The van der Waals surface area contributed by atoms with Gasteiger partial charge in [-0.2, -0.15) is 0 Å². The summed E-state index contributed by atoms with van der Waals surface area (Å²) in [6.07, 6.45) is 0. The lowest BCUT2D eigenvalue weighted by atomic mass is 10.0. The van der Waals surface area contributed by atoms with Crippen molar-refractivity contribution in [1.29, 1.82) is 0 Å². The van der Waals surface area contributed by atoms with E-state index >= 15 is 0 Å². The molecule has 2 aromatic rings. The number of aromatic nitrogens is 1. The maximum Gasteiger partial charge on any atom is 0.338 e. The minimum absolute atomic E-state index is 0.365. The van der Waals surface area contributed by atoms with E-state index in [9.17, 15) is 9.90 Å². The molecular formula is C13H13NO2. The van der Waals surface area contributed by atoms with Crippen LogP contribution in [-0.2, 0) is 0 Å².